The minimum absolute atomic E-state index is 0.294. The van der Waals surface area contributed by atoms with Gasteiger partial charge < -0.3 is 14.6 Å². The fourth-order valence-electron chi connectivity index (χ4n) is 2.39. The van der Waals surface area contributed by atoms with Crippen LogP contribution in [0.25, 0.3) is 0 Å². The van der Waals surface area contributed by atoms with Gasteiger partial charge >= 0.3 is 0 Å². The first kappa shape index (κ1) is 17.8. The van der Waals surface area contributed by atoms with Crippen molar-refractivity contribution in [1.82, 2.24) is 0 Å². The van der Waals surface area contributed by atoms with E-state index in [2.05, 4.69) is 19.1 Å². The molecule has 1 unspecified atom stereocenters. The van der Waals surface area contributed by atoms with Crippen LogP contribution in [0.4, 0.5) is 0 Å². The first-order valence-electron chi connectivity index (χ1n) is 8.26. The lowest BCUT2D eigenvalue weighted by atomic mass is 10.2. The number of aliphatic hydroxyl groups excluding tert-OH is 1. The van der Waals surface area contributed by atoms with Gasteiger partial charge in [0, 0.05) is 9.75 Å². The van der Waals surface area contributed by atoms with Gasteiger partial charge in [-0.3, -0.25) is 0 Å². The van der Waals surface area contributed by atoms with Gasteiger partial charge in [-0.1, -0.05) is 13.3 Å². The first-order valence-corrected chi connectivity index (χ1v) is 9.08. The molecule has 3 nitrogen and oxygen atoms in total. The topological polar surface area (TPSA) is 38.7 Å². The summed E-state index contributed by atoms with van der Waals surface area (Å²) in [7, 11) is 1.66. The highest BCUT2D eigenvalue weighted by molar-refractivity contribution is 7.12. The van der Waals surface area contributed by atoms with Crippen LogP contribution in [0.2, 0.25) is 0 Å². The molecule has 2 aromatic rings. The van der Waals surface area contributed by atoms with Crippen LogP contribution in [0.1, 0.15) is 48.5 Å². The summed E-state index contributed by atoms with van der Waals surface area (Å²) in [6.45, 7) is 2.82. The highest BCUT2D eigenvalue weighted by Crippen LogP contribution is 2.27. The summed E-state index contributed by atoms with van der Waals surface area (Å²) in [5.41, 5.74) is 0. The lowest BCUT2D eigenvalue weighted by Crippen LogP contribution is -1.98. The SMILES string of the molecule is CCCC(O)c1ccc(CCCCOc2ccc(OC)cc2)s1. The maximum absolute atomic E-state index is 9.99. The smallest absolute Gasteiger partial charge is 0.119 e. The Morgan fingerprint density at radius 1 is 1.04 bits per heavy atom. The minimum Gasteiger partial charge on any atom is -0.497 e. The van der Waals surface area contributed by atoms with E-state index in [-0.39, 0.29) is 6.10 Å². The summed E-state index contributed by atoms with van der Waals surface area (Å²) in [4.78, 5) is 2.44. The quantitative estimate of drug-likeness (QED) is 0.622. The molecule has 0 radical (unpaired) electrons. The van der Waals surface area contributed by atoms with Crippen LogP contribution in [0, 0.1) is 0 Å². The van der Waals surface area contributed by atoms with Gasteiger partial charge in [0.15, 0.2) is 0 Å². The zero-order chi connectivity index (χ0) is 16.5. The third-order valence-electron chi connectivity index (χ3n) is 3.72. The van der Waals surface area contributed by atoms with Crippen LogP contribution in [0.5, 0.6) is 11.5 Å². The molecule has 0 aliphatic heterocycles. The highest BCUT2D eigenvalue weighted by atomic mass is 32.1. The Morgan fingerprint density at radius 2 is 1.78 bits per heavy atom. The normalized spacial score (nSPS) is 12.1. The molecule has 0 bridgehead atoms. The Bertz CT molecular complexity index is 562. The molecule has 0 amide bonds. The Balaban J connectivity index is 1.65. The van der Waals surface area contributed by atoms with Crippen molar-refractivity contribution < 1.29 is 14.6 Å². The fraction of sp³-hybridized carbons (Fsp3) is 0.474. The monoisotopic (exact) mass is 334 g/mol. The molecule has 1 aromatic carbocycles. The molecule has 2 rings (SSSR count). The van der Waals surface area contributed by atoms with Gasteiger partial charge in [-0.25, -0.2) is 0 Å². The molecule has 1 heterocycles. The molecule has 0 aliphatic rings. The molecule has 126 valence electrons. The highest BCUT2D eigenvalue weighted by Gasteiger charge is 2.09. The third-order valence-corrected chi connectivity index (χ3v) is 4.96. The number of unbranched alkanes of at least 4 members (excludes halogenated alkanes) is 1. The van der Waals surface area contributed by atoms with E-state index >= 15 is 0 Å². The molecule has 0 fully saturated rings. The van der Waals surface area contributed by atoms with Crippen molar-refractivity contribution in [3.63, 3.8) is 0 Å². The van der Waals surface area contributed by atoms with E-state index in [0.717, 1.165) is 55.1 Å². The van der Waals surface area contributed by atoms with E-state index in [1.807, 2.05) is 24.3 Å². The van der Waals surface area contributed by atoms with Gasteiger partial charge in [0.1, 0.15) is 11.5 Å². The van der Waals surface area contributed by atoms with Crippen LogP contribution < -0.4 is 9.47 Å². The molecule has 0 aliphatic carbocycles. The van der Waals surface area contributed by atoms with E-state index in [1.165, 1.54) is 4.88 Å². The minimum atomic E-state index is -0.294. The summed E-state index contributed by atoms with van der Waals surface area (Å²) in [5.74, 6) is 1.73. The van der Waals surface area contributed by atoms with Crippen molar-refractivity contribution in [2.75, 3.05) is 13.7 Å². The second kappa shape index (κ2) is 9.58. The van der Waals surface area contributed by atoms with Gasteiger partial charge in [-0.2, -0.15) is 0 Å². The number of hydrogen-bond donors (Lipinski definition) is 1. The average Bonchev–Trinajstić information content (AvgIpc) is 3.04. The molecule has 0 saturated carbocycles. The van der Waals surface area contributed by atoms with Crippen molar-refractivity contribution >= 4 is 11.3 Å². The second-order valence-corrected chi connectivity index (χ2v) is 6.79. The Hall–Kier alpha value is -1.52. The molecule has 23 heavy (non-hydrogen) atoms. The number of aliphatic hydroxyl groups is 1. The van der Waals surface area contributed by atoms with Crippen molar-refractivity contribution in [2.24, 2.45) is 0 Å². The van der Waals surface area contributed by atoms with Crippen molar-refractivity contribution in [2.45, 2.75) is 45.1 Å². The van der Waals surface area contributed by atoms with Gasteiger partial charge in [0.2, 0.25) is 0 Å². The molecule has 1 N–H and O–H groups in total. The predicted octanol–water partition coefficient (Wildman–Crippen LogP) is 4.99. The van der Waals surface area contributed by atoms with E-state index in [0.29, 0.717) is 0 Å². The number of rotatable bonds is 10. The van der Waals surface area contributed by atoms with Gasteiger partial charge in [-0.15, -0.1) is 11.3 Å². The van der Waals surface area contributed by atoms with Crippen molar-refractivity contribution in [3.05, 3.63) is 46.2 Å². The average molecular weight is 334 g/mol. The van der Waals surface area contributed by atoms with Gasteiger partial charge in [-0.05, 0) is 62.1 Å². The number of aryl methyl sites for hydroxylation is 1. The number of thiophene rings is 1. The van der Waals surface area contributed by atoms with Crippen LogP contribution in [0.15, 0.2) is 36.4 Å². The van der Waals surface area contributed by atoms with Crippen LogP contribution in [-0.4, -0.2) is 18.8 Å². The van der Waals surface area contributed by atoms with Gasteiger partial charge in [0.05, 0.1) is 19.8 Å². The van der Waals surface area contributed by atoms with Crippen molar-refractivity contribution in [3.8, 4) is 11.5 Å². The zero-order valence-electron chi connectivity index (χ0n) is 14.0. The standard InChI is InChI=1S/C19H26O3S/c1-3-6-18(20)19-13-12-17(23-19)7-4-5-14-22-16-10-8-15(21-2)9-11-16/h8-13,18,20H,3-7,14H2,1-2H3. The Morgan fingerprint density at radius 3 is 2.48 bits per heavy atom. The summed E-state index contributed by atoms with van der Waals surface area (Å²) in [6, 6.07) is 11.9. The van der Waals surface area contributed by atoms with E-state index in [1.54, 1.807) is 18.4 Å². The maximum Gasteiger partial charge on any atom is 0.119 e. The summed E-state index contributed by atoms with van der Waals surface area (Å²) in [6.07, 6.45) is 4.73. The molecule has 0 saturated heterocycles. The fourth-order valence-corrected chi connectivity index (χ4v) is 3.46. The predicted molar refractivity (Wildman–Crippen MR) is 95.6 cm³/mol. The lowest BCUT2D eigenvalue weighted by molar-refractivity contribution is 0.170. The summed E-state index contributed by atoms with van der Waals surface area (Å²) < 4.78 is 10.8. The second-order valence-electron chi connectivity index (χ2n) is 5.59. The number of hydrogen-bond acceptors (Lipinski definition) is 4. The first-order chi connectivity index (χ1) is 11.2. The Labute approximate surface area is 142 Å². The third kappa shape index (κ3) is 5.88. The van der Waals surface area contributed by atoms with Crippen LogP contribution in [0.3, 0.4) is 0 Å². The summed E-state index contributed by atoms with van der Waals surface area (Å²) in [5, 5.41) is 9.99. The van der Waals surface area contributed by atoms with Gasteiger partial charge in [0.25, 0.3) is 0 Å². The van der Waals surface area contributed by atoms with E-state index in [9.17, 15) is 5.11 Å². The van der Waals surface area contributed by atoms with Crippen molar-refractivity contribution in [1.29, 1.82) is 0 Å². The number of methoxy groups -OCH3 is 1. The molecule has 4 heteroatoms. The lowest BCUT2D eigenvalue weighted by Gasteiger charge is -2.07. The maximum atomic E-state index is 9.99. The summed E-state index contributed by atoms with van der Waals surface area (Å²) >= 11 is 1.73. The molecular formula is C19H26O3S. The molecular weight excluding hydrogens is 308 g/mol. The van der Waals surface area contributed by atoms with E-state index < -0.39 is 0 Å². The molecule has 1 atom stereocenters. The van der Waals surface area contributed by atoms with Crippen LogP contribution >= 0.6 is 11.3 Å². The Kier molecular flexibility index (Phi) is 7.43. The molecule has 1 aromatic heterocycles. The largest absolute Gasteiger partial charge is 0.497 e. The zero-order valence-corrected chi connectivity index (χ0v) is 14.8. The number of ether oxygens (including phenoxy) is 2. The number of benzene rings is 1. The van der Waals surface area contributed by atoms with Crippen LogP contribution in [-0.2, 0) is 6.42 Å². The van der Waals surface area contributed by atoms with E-state index in [4.69, 9.17) is 9.47 Å². The molecule has 0 spiro atoms.